The van der Waals surface area contributed by atoms with Crippen LogP contribution in [0.1, 0.15) is 114 Å². The Kier molecular flexibility index (Phi) is 5.69. The molecular weight excluding hydrogens is 460 g/mol. The van der Waals surface area contributed by atoms with Gasteiger partial charge in [0, 0.05) is 0 Å². The van der Waals surface area contributed by atoms with E-state index in [0.29, 0.717) is 29.1 Å². The zero-order valence-electron chi connectivity index (χ0n) is 25.3. The van der Waals surface area contributed by atoms with Gasteiger partial charge in [-0.05, 0) is 118 Å². The van der Waals surface area contributed by atoms with Crippen molar-refractivity contribution in [2.75, 3.05) is 0 Å². The van der Waals surface area contributed by atoms with Crippen LogP contribution in [0.2, 0.25) is 0 Å². The Bertz CT molecular complexity index is 981. The third-order valence-electron chi connectivity index (χ3n) is 13.6. The van der Waals surface area contributed by atoms with Gasteiger partial charge in [-0.25, -0.2) is 0 Å². The van der Waals surface area contributed by atoms with Gasteiger partial charge in [0.15, 0.2) is 5.79 Å². The van der Waals surface area contributed by atoms with Crippen molar-refractivity contribution in [2.24, 2.45) is 45.3 Å². The molecule has 1 unspecified atom stereocenters. The van der Waals surface area contributed by atoms with Crippen LogP contribution in [0, 0.1) is 45.3 Å². The molecule has 2 saturated heterocycles. The molecule has 0 amide bonds. The molecule has 11 atom stereocenters. The van der Waals surface area contributed by atoms with Gasteiger partial charge in [0.1, 0.15) is 12.2 Å². The highest BCUT2D eigenvalue weighted by molar-refractivity contribution is 5.33. The Hall–Kier alpha value is -0.420. The first-order valence-electron chi connectivity index (χ1n) is 15.4. The largest absolute Gasteiger partial charge is 0.393 e. The molecule has 0 radical (unpaired) electrons. The number of aliphatic hydroxyl groups excluding tert-OH is 1. The lowest BCUT2D eigenvalue weighted by Crippen LogP contribution is -2.58. The third kappa shape index (κ3) is 3.40. The first-order chi connectivity index (χ1) is 17.0. The van der Waals surface area contributed by atoms with E-state index in [2.05, 4.69) is 61.5 Å². The molecule has 5 fully saturated rings. The second-order valence-electron chi connectivity index (χ2n) is 16.4. The van der Waals surface area contributed by atoms with Crippen LogP contribution in [0.5, 0.6) is 0 Å². The maximum Gasteiger partial charge on any atom is 0.164 e. The van der Waals surface area contributed by atoms with Crippen LogP contribution < -0.4 is 0 Å². The summed E-state index contributed by atoms with van der Waals surface area (Å²) in [5, 5.41) is 10.9. The number of fused-ring (bicyclic) bond motifs is 6. The Morgan fingerprint density at radius 2 is 1.57 bits per heavy atom. The van der Waals surface area contributed by atoms with E-state index in [4.69, 9.17) is 14.2 Å². The Labute approximate surface area is 226 Å². The lowest BCUT2D eigenvalue weighted by Gasteiger charge is -2.64. The van der Waals surface area contributed by atoms with Gasteiger partial charge in [0.25, 0.3) is 0 Å². The summed E-state index contributed by atoms with van der Waals surface area (Å²) in [6.45, 7) is 23.4. The van der Waals surface area contributed by atoms with Crippen molar-refractivity contribution in [2.45, 2.75) is 150 Å². The molecule has 0 aromatic rings. The molecule has 1 N–H and O–H groups in total. The predicted molar refractivity (Wildman–Crippen MR) is 147 cm³/mol. The average Bonchev–Trinajstić information content (AvgIpc) is 3.36. The SMILES string of the molecule is C[C@H](C1OC(C)(C)[C@H]2OC(C)(C)O[C@@H]12)[C@@H]1CC[C@]2(C)C3=CC[C@H]4C(C)(C)[C@@H](O)CC[C@]4(C)[C@H]3CC[C@@]12C. The minimum Gasteiger partial charge on any atom is -0.393 e. The van der Waals surface area contributed by atoms with Gasteiger partial charge in [-0.1, -0.05) is 53.2 Å². The van der Waals surface area contributed by atoms with Crippen molar-refractivity contribution in [1.29, 1.82) is 0 Å². The van der Waals surface area contributed by atoms with Gasteiger partial charge >= 0.3 is 0 Å². The number of aliphatic hydroxyl groups is 1. The van der Waals surface area contributed by atoms with E-state index in [1.807, 2.05) is 13.8 Å². The standard InChI is InChI=1S/C33H54O4/c1-19(25-26-27(29(4,5)35-25)37-30(6,7)36-26)20-13-17-33(10)22-11-12-23-28(2,3)24(34)15-16-31(23,8)21(22)14-18-32(20,33)9/h11,19-21,23-27,34H,12-18H2,1-10H3/t19-,20-,21-,23-,24-,25?,26-,27-,31+,32-,33+/m0/s1. The van der Waals surface area contributed by atoms with Crippen LogP contribution in [0.4, 0.5) is 0 Å². The monoisotopic (exact) mass is 514 g/mol. The molecule has 2 aliphatic heterocycles. The summed E-state index contributed by atoms with van der Waals surface area (Å²) in [6, 6.07) is 0. The predicted octanol–water partition coefficient (Wildman–Crippen LogP) is 7.29. The average molecular weight is 515 g/mol. The first kappa shape index (κ1) is 26.8. The minimum absolute atomic E-state index is 0.00535. The van der Waals surface area contributed by atoms with Crippen molar-refractivity contribution >= 4 is 0 Å². The van der Waals surface area contributed by atoms with Gasteiger partial charge < -0.3 is 19.3 Å². The second-order valence-corrected chi connectivity index (χ2v) is 16.4. The summed E-state index contributed by atoms with van der Waals surface area (Å²) in [5.41, 5.74) is 2.24. The molecule has 6 rings (SSSR count). The summed E-state index contributed by atoms with van der Waals surface area (Å²) < 4.78 is 19.6. The number of hydrogen-bond donors (Lipinski definition) is 1. The zero-order valence-corrected chi connectivity index (χ0v) is 25.3. The summed E-state index contributed by atoms with van der Waals surface area (Å²) in [6.07, 6.45) is 10.9. The minimum atomic E-state index is -0.541. The summed E-state index contributed by atoms with van der Waals surface area (Å²) in [4.78, 5) is 0. The first-order valence-corrected chi connectivity index (χ1v) is 15.4. The van der Waals surface area contributed by atoms with Crippen LogP contribution in [-0.4, -0.2) is 40.9 Å². The topological polar surface area (TPSA) is 47.9 Å². The third-order valence-corrected chi connectivity index (χ3v) is 13.6. The summed E-state index contributed by atoms with van der Waals surface area (Å²) in [5.74, 6) is 1.72. The van der Waals surface area contributed by atoms with Crippen LogP contribution in [0.3, 0.4) is 0 Å². The molecule has 6 aliphatic rings. The molecule has 0 aromatic carbocycles. The van der Waals surface area contributed by atoms with E-state index in [-0.39, 0.29) is 46.3 Å². The quantitative estimate of drug-likeness (QED) is 0.393. The van der Waals surface area contributed by atoms with Crippen molar-refractivity contribution in [3.8, 4) is 0 Å². The number of rotatable bonds is 2. The lowest BCUT2D eigenvalue weighted by atomic mass is 9.41. The van der Waals surface area contributed by atoms with E-state index in [0.717, 1.165) is 19.3 Å². The molecule has 0 aromatic heterocycles. The molecule has 3 saturated carbocycles. The molecule has 4 nitrogen and oxygen atoms in total. The second kappa shape index (κ2) is 7.86. The maximum atomic E-state index is 10.9. The normalized spacial score (nSPS) is 54.0. The van der Waals surface area contributed by atoms with Crippen molar-refractivity contribution in [3.63, 3.8) is 0 Å². The van der Waals surface area contributed by atoms with Crippen molar-refractivity contribution in [3.05, 3.63) is 11.6 Å². The summed E-state index contributed by atoms with van der Waals surface area (Å²) >= 11 is 0. The molecule has 210 valence electrons. The number of hydrogen-bond acceptors (Lipinski definition) is 4. The maximum absolute atomic E-state index is 10.9. The molecule has 0 spiro atoms. The smallest absolute Gasteiger partial charge is 0.164 e. The summed E-state index contributed by atoms with van der Waals surface area (Å²) in [7, 11) is 0. The van der Waals surface area contributed by atoms with Gasteiger partial charge in [-0.15, -0.1) is 0 Å². The Balaban J connectivity index is 1.31. The van der Waals surface area contributed by atoms with Crippen molar-refractivity contribution < 1.29 is 19.3 Å². The van der Waals surface area contributed by atoms with Gasteiger partial charge in [0.05, 0.1) is 17.8 Å². The van der Waals surface area contributed by atoms with Crippen LogP contribution in [-0.2, 0) is 14.2 Å². The highest BCUT2D eigenvalue weighted by Crippen LogP contribution is 2.73. The van der Waals surface area contributed by atoms with E-state index in [1.165, 1.54) is 25.7 Å². The number of ether oxygens (including phenoxy) is 3. The van der Waals surface area contributed by atoms with E-state index >= 15 is 0 Å². The Morgan fingerprint density at radius 1 is 0.865 bits per heavy atom. The fourth-order valence-corrected chi connectivity index (χ4v) is 11.3. The Morgan fingerprint density at radius 3 is 2.27 bits per heavy atom. The fraction of sp³-hybridized carbons (Fsp3) is 0.939. The highest BCUT2D eigenvalue weighted by Gasteiger charge is 2.67. The zero-order chi connectivity index (χ0) is 27.0. The van der Waals surface area contributed by atoms with E-state index in [1.54, 1.807) is 5.57 Å². The van der Waals surface area contributed by atoms with Gasteiger partial charge in [0.2, 0.25) is 0 Å². The molecule has 0 bridgehead atoms. The van der Waals surface area contributed by atoms with Gasteiger partial charge in [-0.3, -0.25) is 0 Å². The van der Waals surface area contributed by atoms with Gasteiger partial charge in [-0.2, -0.15) is 0 Å². The fourth-order valence-electron chi connectivity index (χ4n) is 11.3. The molecule has 4 aliphatic carbocycles. The lowest BCUT2D eigenvalue weighted by molar-refractivity contribution is -0.212. The molecule has 4 heteroatoms. The molecule has 37 heavy (non-hydrogen) atoms. The van der Waals surface area contributed by atoms with Crippen LogP contribution >= 0.6 is 0 Å². The molecule has 2 heterocycles. The van der Waals surface area contributed by atoms with E-state index < -0.39 is 5.79 Å². The molecular formula is C33H54O4. The van der Waals surface area contributed by atoms with Crippen molar-refractivity contribution in [1.82, 2.24) is 0 Å². The number of allylic oxidation sites excluding steroid dienone is 2. The highest BCUT2D eigenvalue weighted by atomic mass is 16.8. The van der Waals surface area contributed by atoms with Crippen LogP contribution in [0.15, 0.2) is 11.6 Å². The van der Waals surface area contributed by atoms with E-state index in [9.17, 15) is 5.11 Å². The van der Waals surface area contributed by atoms with Crippen LogP contribution in [0.25, 0.3) is 0 Å².